The fourth-order valence-electron chi connectivity index (χ4n) is 3.89. The summed E-state index contributed by atoms with van der Waals surface area (Å²) < 4.78 is 40.5. The summed E-state index contributed by atoms with van der Waals surface area (Å²) in [5.74, 6) is 1.60. The molecule has 0 bridgehead atoms. The lowest BCUT2D eigenvalue weighted by atomic mass is 10.1. The van der Waals surface area contributed by atoms with Crippen LogP contribution in [0.3, 0.4) is 0 Å². The van der Waals surface area contributed by atoms with Gasteiger partial charge in [0.2, 0.25) is 0 Å². The topological polar surface area (TPSA) is 94.5 Å². The van der Waals surface area contributed by atoms with E-state index in [0.717, 1.165) is 5.56 Å². The summed E-state index contributed by atoms with van der Waals surface area (Å²) in [4.78, 5) is 19.0. The van der Waals surface area contributed by atoms with Crippen molar-refractivity contribution in [3.8, 4) is 17.2 Å². The average molecular weight is 477 g/mol. The minimum atomic E-state index is -3.17. The number of hydrogen-bond acceptors (Lipinski definition) is 7. The molecule has 0 saturated carbocycles. The second kappa shape index (κ2) is 9.03. The number of nitrogens with zero attached hydrogens (tertiary/aromatic N) is 2. The molecule has 0 aliphatic carbocycles. The Morgan fingerprint density at radius 3 is 2.38 bits per heavy atom. The van der Waals surface area contributed by atoms with Crippen LogP contribution in [-0.4, -0.2) is 63.6 Å². The fraction of sp³-hybridized carbons (Fsp3) is 0.364. The maximum atomic E-state index is 12.8. The van der Waals surface area contributed by atoms with Gasteiger partial charge in [-0.05, 0) is 29.8 Å². The van der Waals surface area contributed by atoms with Crippen molar-refractivity contribution in [2.24, 2.45) is 4.99 Å². The Bertz CT molecular complexity index is 1150. The first-order chi connectivity index (χ1) is 15.3. The van der Waals surface area contributed by atoms with E-state index in [4.69, 9.17) is 14.2 Å². The summed E-state index contributed by atoms with van der Waals surface area (Å²) in [6.07, 6.45) is 0.134. The molecule has 2 heterocycles. The van der Waals surface area contributed by atoms with Crippen LogP contribution in [0.4, 0.5) is 5.69 Å². The molecule has 2 saturated heterocycles. The molecule has 0 radical (unpaired) electrons. The molecule has 2 fully saturated rings. The Morgan fingerprint density at radius 2 is 1.72 bits per heavy atom. The number of methoxy groups -OCH3 is 3. The van der Waals surface area contributed by atoms with Gasteiger partial charge < -0.3 is 19.1 Å². The van der Waals surface area contributed by atoms with E-state index in [1.807, 2.05) is 17.0 Å². The van der Waals surface area contributed by atoms with Gasteiger partial charge in [0.25, 0.3) is 5.91 Å². The summed E-state index contributed by atoms with van der Waals surface area (Å²) in [5.41, 5.74) is 1.47. The zero-order chi connectivity index (χ0) is 22.9. The molecule has 170 valence electrons. The molecule has 2 aromatic carbocycles. The lowest BCUT2D eigenvalue weighted by molar-refractivity contribution is -0.117. The number of fused-ring (bicyclic) bond motifs is 1. The van der Waals surface area contributed by atoms with Crippen LogP contribution in [0.5, 0.6) is 17.2 Å². The number of rotatable bonds is 6. The summed E-state index contributed by atoms with van der Waals surface area (Å²) in [6.45, 7) is 0. The largest absolute Gasteiger partial charge is 0.497 e. The van der Waals surface area contributed by atoms with Gasteiger partial charge in [-0.2, -0.15) is 4.99 Å². The number of carbonyl (C=O) groups is 1. The molecule has 10 heteroatoms. The van der Waals surface area contributed by atoms with Crippen LogP contribution in [0.25, 0.3) is 0 Å². The monoisotopic (exact) mass is 476 g/mol. The molecule has 1 amide bonds. The van der Waals surface area contributed by atoms with E-state index in [0.29, 0.717) is 28.1 Å². The number of anilines is 1. The molecule has 2 atom stereocenters. The van der Waals surface area contributed by atoms with E-state index >= 15 is 0 Å². The van der Waals surface area contributed by atoms with Crippen molar-refractivity contribution in [1.82, 2.24) is 0 Å². The van der Waals surface area contributed by atoms with Crippen molar-refractivity contribution in [3.05, 3.63) is 48.0 Å². The number of amides is 1. The maximum Gasteiger partial charge on any atom is 0.252 e. The third kappa shape index (κ3) is 4.56. The van der Waals surface area contributed by atoms with Crippen LogP contribution in [0.1, 0.15) is 5.56 Å². The van der Waals surface area contributed by atoms with E-state index in [9.17, 15) is 13.2 Å². The Morgan fingerprint density at radius 1 is 1.03 bits per heavy atom. The van der Waals surface area contributed by atoms with Gasteiger partial charge in [-0.25, -0.2) is 8.42 Å². The van der Waals surface area contributed by atoms with Gasteiger partial charge in [0, 0.05) is 11.3 Å². The predicted molar refractivity (Wildman–Crippen MR) is 125 cm³/mol. The summed E-state index contributed by atoms with van der Waals surface area (Å²) in [6, 6.07) is 12.2. The van der Waals surface area contributed by atoms with Crippen molar-refractivity contribution in [2.75, 3.05) is 37.7 Å². The third-order valence-corrected chi connectivity index (χ3v) is 8.66. The van der Waals surface area contributed by atoms with E-state index in [1.165, 1.54) is 18.9 Å². The van der Waals surface area contributed by atoms with Crippen LogP contribution >= 0.6 is 11.8 Å². The summed E-state index contributed by atoms with van der Waals surface area (Å²) >= 11 is 1.33. The van der Waals surface area contributed by atoms with Crippen LogP contribution < -0.4 is 19.1 Å². The number of sulfone groups is 1. The van der Waals surface area contributed by atoms with Gasteiger partial charge in [-0.1, -0.05) is 23.9 Å². The molecule has 0 spiro atoms. The fourth-order valence-corrected chi connectivity index (χ4v) is 7.82. The number of benzene rings is 2. The van der Waals surface area contributed by atoms with E-state index in [2.05, 4.69) is 4.99 Å². The minimum Gasteiger partial charge on any atom is -0.497 e. The van der Waals surface area contributed by atoms with Crippen molar-refractivity contribution in [1.29, 1.82) is 0 Å². The highest BCUT2D eigenvalue weighted by atomic mass is 32.2. The SMILES string of the molecule is COc1ccc(CC(=O)N=C2S[C@@H]3CS(=O)(=O)C[C@@H]3N2c2ccc(OC)cc2OC)cc1. The van der Waals surface area contributed by atoms with Crippen LogP contribution in [-0.2, 0) is 21.1 Å². The standard InChI is InChI=1S/C22H24N2O6S2/c1-28-15-6-4-14(5-7-15)10-21(25)23-22-24(18-12-32(26,27)13-20(18)31-22)17-9-8-16(29-2)11-19(17)30-3/h4-9,11,18,20H,10,12-13H2,1-3H3/t18-,20+/m0/s1. The first kappa shape index (κ1) is 22.5. The highest BCUT2D eigenvalue weighted by molar-refractivity contribution is 8.16. The Labute approximate surface area is 191 Å². The molecule has 32 heavy (non-hydrogen) atoms. The number of thioether (sulfide) groups is 1. The quantitative estimate of drug-likeness (QED) is 0.628. The van der Waals surface area contributed by atoms with Gasteiger partial charge in [0.15, 0.2) is 15.0 Å². The lowest BCUT2D eigenvalue weighted by Crippen LogP contribution is -2.38. The zero-order valence-electron chi connectivity index (χ0n) is 18.0. The number of hydrogen-bond donors (Lipinski definition) is 0. The van der Waals surface area contributed by atoms with E-state index in [-0.39, 0.29) is 35.1 Å². The normalized spacial score (nSPS) is 22.6. The molecule has 2 aliphatic heterocycles. The Hall–Kier alpha value is -2.72. The van der Waals surface area contributed by atoms with Crippen molar-refractivity contribution >= 4 is 38.4 Å². The number of ether oxygens (including phenoxy) is 3. The highest BCUT2D eigenvalue weighted by Gasteiger charge is 2.50. The first-order valence-electron chi connectivity index (χ1n) is 9.96. The van der Waals surface area contributed by atoms with Crippen molar-refractivity contribution in [2.45, 2.75) is 17.7 Å². The average Bonchev–Trinajstić information content (AvgIpc) is 3.24. The number of aliphatic imine (C=N–C) groups is 1. The molecular weight excluding hydrogens is 452 g/mol. The maximum absolute atomic E-state index is 12.8. The molecule has 0 N–H and O–H groups in total. The van der Waals surface area contributed by atoms with Crippen LogP contribution in [0.15, 0.2) is 47.5 Å². The molecule has 0 aromatic heterocycles. The predicted octanol–water partition coefficient (Wildman–Crippen LogP) is 2.56. The van der Waals surface area contributed by atoms with Crippen LogP contribution in [0, 0.1) is 0 Å². The molecule has 8 nitrogen and oxygen atoms in total. The smallest absolute Gasteiger partial charge is 0.252 e. The van der Waals surface area contributed by atoms with Gasteiger partial charge in [0.05, 0.1) is 51.0 Å². The van der Waals surface area contributed by atoms with E-state index < -0.39 is 9.84 Å². The zero-order valence-corrected chi connectivity index (χ0v) is 19.6. The van der Waals surface area contributed by atoms with Gasteiger partial charge in [-0.3, -0.25) is 4.79 Å². The second-order valence-electron chi connectivity index (χ2n) is 7.52. The molecule has 2 aromatic rings. The molecule has 2 aliphatic rings. The third-order valence-electron chi connectivity index (χ3n) is 5.45. The second-order valence-corrected chi connectivity index (χ2v) is 10.9. The van der Waals surface area contributed by atoms with Gasteiger partial charge in [0.1, 0.15) is 17.2 Å². The number of carbonyl (C=O) groups excluding carboxylic acids is 1. The highest BCUT2D eigenvalue weighted by Crippen LogP contribution is 2.44. The number of amidine groups is 1. The van der Waals surface area contributed by atoms with Crippen molar-refractivity contribution < 1.29 is 27.4 Å². The first-order valence-corrected chi connectivity index (χ1v) is 12.7. The molecular formula is C22H24N2O6S2. The van der Waals surface area contributed by atoms with Crippen molar-refractivity contribution in [3.63, 3.8) is 0 Å². The van der Waals surface area contributed by atoms with E-state index in [1.54, 1.807) is 44.6 Å². The van der Waals surface area contributed by atoms with Crippen LogP contribution in [0.2, 0.25) is 0 Å². The van der Waals surface area contributed by atoms with Gasteiger partial charge in [-0.15, -0.1) is 0 Å². The summed E-state index contributed by atoms with van der Waals surface area (Å²) in [7, 11) is 1.52. The molecule has 4 rings (SSSR count). The Balaban J connectivity index is 1.66. The van der Waals surface area contributed by atoms with Gasteiger partial charge >= 0.3 is 0 Å². The summed E-state index contributed by atoms with van der Waals surface area (Å²) in [5, 5.41) is 0.288. The Kier molecular flexibility index (Phi) is 6.34. The minimum absolute atomic E-state index is 0.00550. The lowest BCUT2D eigenvalue weighted by Gasteiger charge is -2.26. The molecule has 0 unspecified atom stereocenters.